The lowest BCUT2D eigenvalue weighted by Crippen LogP contribution is -2.38. The van der Waals surface area contributed by atoms with Crippen molar-refractivity contribution in [2.75, 3.05) is 26.2 Å². The second-order valence-corrected chi connectivity index (χ2v) is 20.4. The summed E-state index contributed by atoms with van der Waals surface area (Å²) in [5.41, 5.74) is 0.475. The van der Waals surface area contributed by atoms with Crippen molar-refractivity contribution in [3.05, 3.63) is 126 Å². The van der Waals surface area contributed by atoms with Crippen molar-refractivity contribution < 1.29 is 35.2 Å². The van der Waals surface area contributed by atoms with E-state index in [1.165, 1.54) is 64.4 Å². The van der Waals surface area contributed by atoms with Crippen molar-refractivity contribution in [1.29, 1.82) is 10.5 Å². The van der Waals surface area contributed by atoms with Gasteiger partial charge in [0.2, 0.25) is 20.0 Å². The molecule has 2 aliphatic heterocycles. The fourth-order valence-corrected chi connectivity index (χ4v) is 11.9. The zero-order valence-corrected chi connectivity index (χ0v) is 38.9. The molecule has 2 heterocycles. The molecule has 0 unspecified atom stereocenters. The molecule has 0 radical (unpaired) electrons. The average molecular weight is 1120 g/mol. The highest BCUT2D eigenvalue weighted by Crippen LogP contribution is 2.29. The molecular weight excluding hydrogens is 1090 g/mol. The number of benzene rings is 4. The molecule has 2 amide bonds. The summed E-state index contributed by atoms with van der Waals surface area (Å²) in [7, 11) is -7.64. The van der Waals surface area contributed by atoms with E-state index in [0.717, 1.165) is 6.07 Å². The summed E-state index contributed by atoms with van der Waals surface area (Å²) in [4.78, 5) is 27.5. The van der Waals surface area contributed by atoms with Gasteiger partial charge in [-0.15, -0.1) is 0 Å². The average Bonchev–Trinajstić information content (AvgIpc) is 3.79. The van der Waals surface area contributed by atoms with Gasteiger partial charge in [-0.25, -0.2) is 35.1 Å². The lowest BCUT2D eigenvalue weighted by molar-refractivity contribution is 0.0937. The number of amides is 2. The first-order valence-electron chi connectivity index (χ1n) is 17.7. The maximum Gasteiger partial charge on any atom is 0.251 e. The first-order chi connectivity index (χ1) is 28.4. The Labute approximate surface area is 379 Å². The van der Waals surface area contributed by atoms with Crippen LogP contribution in [0.2, 0.25) is 0 Å². The largest absolute Gasteiger partial charge is 0.350 e. The summed E-state index contributed by atoms with van der Waals surface area (Å²) < 4.78 is 84.7. The second-order valence-electron chi connectivity index (χ2n) is 13.5. The highest BCUT2D eigenvalue weighted by molar-refractivity contribution is 9.11. The van der Waals surface area contributed by atoms with Crippen molar-refractivity contribution >= 4 is 95.6 Å². The van der Waals surface area contributed by atoms with E-state index in [1.807, 2.05) is 12.4 Å². The van der Waals surface area contributed by atoms with Gasteiger partial charge in [0.1, 0.15) is 11.6 Å². The third-order valence-electron chi connectivity index (χ3n) is 9.28. The number of carbonyl (C=O) groups excluding carboxylic acids is 2. The molecule has 4 atom stereocenters. The van der Waals surface area contributed by atoms with Gasteiger partial charge in [-0.1, -0.05) is 37.9 Å². The number of carbonyl (C=O) groups is 2. The summed E-state index contributed by atoms with van der Waals surface area (Å²) in [6, 6.07) is 18.3. The van der Waals surface area contributed by atoms with Gasteiger partial charge in [0.25, 0.3) is 11.8 Å². The van der Waals surface area contributed by atoms with Gasteiger partial charge >= 0.3 is 0 Å². The molecule has 2 aliphatic rings. The maximum atomic E-state index is 13.3. The van der Waals surface area contributed by atoms with E-state index in [1.54, 1.807) is 24.3 Å². The minimum Gasteiger partial charge on any atom is -0.350 e. The normalized spacial score (nSPS) is 18.8. The molecule has 6 rings (SSSR count). The van der Waals surface area contributed by atoms with Crippen LogP contribution in [-0.4, -0.2) is 88.8 Å². The van der Waals surface area contributed by atoms with Gasteiger partial charge in [0.05, 0.1) is 21.9 Å². The smallest absolute Gasteiger partial charge is 0.251 e. The van der Waals surface area contributed by atoms with Crippen LogP contribution in [0.15, 0.2) is 113 Å². The highest BCUT2D eigenvalue weighted by atomic mass is 79.9. The van der Waals surface area contributed by atoms with Crippen LogP contribution in [0.1, 0.15) is 33.6 Å². The molecular formula is C38H34Br4F2N8O6S2. The van der Waals surface area contributed by atoms with Crippen LogP contribution >= 0.6 is 63.7 Å². The van der Waals surface area contributed by atoms with Crippen molar-refractivity contribution in [1.82, 2.24) is 29.9 Å². The quantitative estimate of drug-likeness (QED) is 0.123. The van der Waals surface area contributed by atoms with Crippen LogP contribution < -0.4 is 20.1 Å². The lowest BCUT2D eigenvalue weighted by atomic mass is 10.1. The van der Waals surface area contributed by atoms with Crippen LogP contribution in [0.4, 0.5) is 8.78 Å². The van der Waals surface area contributed by atoms with Crippen molar-refractivity contribution in [3.8, 4) is 12.4 Å². The Kier molecular flexibility index (Phi) is 16.2. The number of nitriles is 2. The minimum absolute atomic E-state index is 0.0863. The van der Waals surface area contributed by atoms with E-state index >= 15 is 0 Å². The third-order valence-corrected chi connectivity index (χ3v) is 15.3. The monoisotopic (exact) mass is 1120 g/mol. The van der Waals surface area contributed by atoms with Crippen molar-refractivity contribution in [2.45, 2.75) is 46.8 Å². The topological polar surface area (TPSA) is 205 Å². The number of likely N-dealkylation sites (tertiary alicyclic amines) is 2. The number of hydrogen-bond donors (Lipinski definition) is 4. The fourth-order valence-electron chi connectivity index (χ4n) is 6.42. The van der Waals surface area contributed by atoms with E-state index in [-0.39, 0.29) is 53.6 Å². The Balaban J connectivity index is 0.000000228. The van der Waals surface area contributed by atoms with Gasteiger partial charge in [-0.05, 0) is 124 Å². The van der Waals surface area contributed by atoms with Crippen LogP contribution in [0.3, 0.4) is 0 Å². The first kappa shape index (κ1) is 47.1. The molecule has 0 aromatic heterocycles. The molecule has 22 heteroatoms. The fraction of sp³-hybridized carbons (Fsp3) is 0.263. The molecule has 2 fully saturated rings. The van der Waals surface area contributed by atoms with Crippen LogP contribution in [0.5, 0.6) is 0 Å². The molecule has 2 saturated heterocycles. The molecule has 0 bridgehead atoms. The summed E-state index contributed by atoms with van der Waals surface area (Å²) in [6.45, 7) is 0.657. The number of hydrogen-bond acceptors (Lipinski definition) is 10. The predicted octanol–water partition coefficient (Wildman–Crippen LogP) is 5.97. The standard InChI is InChI=1S/2C19H17Br2FN4O3S/c20-13-3-6-17(21)18(7-13)30(28,29)25-15-8-16(26(10-15)11-23)9-24-19(27)12-1-4-14(22)5-2-12;20-13-4-5-17(21)18(7-13)30(28,29)25-15-8-16(26(10-15)11-23)9-24-19(27)12-2-1-3-14(22)6-12/h2*1-7,15-16,25H,8-10H2,(H,24,27)/t2*15-,16-/m11/s1. The van der Waals surface area contributed by atoms with E-state index in [4.69, 9.17) is 0 Å². The Bertz CT molecular complexity index is 2550. The van der Waals surface area contributed by atoms with Crippen LogP contribution in [-0.2, 0) is 20.0 Å². The summed E-state index contributed by atoms with van der Waals surface area (Å²) in [5.74, 6) is -1.81. The van der Waals surface area contributed by atoms with Gasteiger partial charge in [0.15, 0.2) is 12.4 Å². The Morgan fingerprint density at radius 1 is 0.633 bits per heavy atom. The van der Waals surface area contributed by atoms with E-state index in [2.05, 4.69) is 83.8 Å². The Morgan fingerprint density at radius 3 is 1.52 bits per heavy atom. The molecule has 4 N–H and O–H groups in total. The number of nitrogens with one attached hydrogen (secondary N) is 4. The van der Waals surface area contributed by atoms with Gasteiger partial charge in [-0.2, -0.15) is 10.5 Å². The molecule has 0 saturated carbocycles. The van der Waals surface area contributed by atoms with E-state index in [0.29, 0.717) is 36.3 Å². The van der Waals surface area contributed by atoms with Crippen molar-refractivity contribution in [2.24, 2.45) is 0 Å². The molecule has 60 heavy (non-hydrogen) atoms. The predicted molar refractivity (Wildman–Crippen MR) is 231 cm³/mol. The summed E-state index contributed by atoms with van der Waals surface area (Å²) >= 11 is 13.0. The lowest BCUT2D eigenvalue weighted by Gasteiger charge is -2.18. The number of nitrogens with zero attached hydrogens (tertiary/aromatic N) is 4. The summed E-state index contributed by atoms with van der Waals surface area (Å²) in [6.07, 6.45) is 4.76. The Morgan fingerprint density at radius 2 is 1.08 bits per heavy atom. The van der Waals surface area contributed by atoms with Gasteiger partial charge < -0.3 is 20.4 Å². The van der Waals surface area contributed by atoms with E-state index in [9.17, 15) is 45.7 Å². The molecule has 0 aliphatic carbocycles. The van der Waals surface area contributed by atoms with Crippen molar-refractivity contribution in [3.63, 3.8) is 0 Å². The highest BCUT2D eigenvalue weighted by Gasteiger charge is 2.36. The first-order valence-corrected chi connectivity index (χ1v) is 23.9. The minimum atomic E-state index is -3.82. The molecule has 4 aromatic rings. The maximum absolute atomic E-state index is 13.3. The third kappa shape index (κ3) is 12.5. The number of halogens is 6. The second kappa shape index (κ2) is 20.7. The summed E-state index contributed by atoms with van der Waals surface area (Å²) in [5, 5.41) is 24.2. The number of sulfonamides is 2. The van der Waals surface area contributed by atoms with Crippen LogP contribution in [0.25, 0.3) is 0 Å². The van der Waals surface area contributed by atoms with Gasteiger partial charge in [-0.3, -0.25) is 9.59 Å². The molecule has 0 spiro atoms. The van der Waals surface area contributed by atoms with Crippen LogP contribution in [0, 0.1) is 34.5 Å². The molecule has 316 valence electrons. The zero-order valence-electron chi connectivity index (χ0n) is 31.0. The van der Waals surface area contributed by atoms with E-state index < -0.39 is 55.6 Å². The van der Waals surface area contributed by atoms with Gasteiger partial charge in [0, 0.05) is 67.3 Å². The zero-order chi connectivity index (χ0) is 43.8. The SMILES string of the molecule is N#CN1C[C@H](NS(=O)(=O)c2cc(Br)ccc2Br)C[C@@H]1CNC(=O)c1ccc(F)cc1.N#CN1C[C@H](NS(=O)(=O)c2cc(Br)ccc2Br)C[C@@H]1CNC(=O)c1cccc(F)c1. The molecule has 14 nitrogen and oxygen atoms in total. The number of rotatable bonds is 12. The molecule has 4 aromatic carbocycles. The Hall–Kier alpha value is -4.00.